The number of rotatable bonds is 2. The second kappa shape index (κ2) is 4.96. The fraction of sp³-hybridized carbons (Fsp3) is 0.462. The van der Waals surface area contributed by atoms with Gasteiger partial charge in [-0.3, -0.25) is 10.2 Å². The Morgan fingerprint density at radius 2 is 2.17 bits per heavy atom. The van der Waals surface area contributed by atoms with Crippen LogP contribution in [0.4, 0.5) is 5.69 Å². The minimum atomic E-state index is -0.0478. The number of morpholine rings is 1. The summed E-state index contributed by atoms with van der Waals surface area (Å²) in [6.07, 6.45) is 1.04. The zero-order chi connectivity index (χ0) is 12.4. The highest BCUT2D eigenvalue weighted by molar-refractivity contribution is 5.95. The van der Waals surface area contributed by atoms with Gasteiger partial charge in [0.2, 0.25) is 0 Å². The lowest BCUT2D eigenvalue weighted by molar-refractivity contribution is 0.0126. The lowest BCUT2D eigenvalue weighted by Gasteiger charge is -2.26. The van der Waals surface area contributed by atoms with E-state index < -0.39 is 0 Å². The fourth-order valence-corrected chi connectivity index (χ4v) is 2.32. The number of hydrogen-bond acceptors (Lipinski definition) is 4. The number of anilines is 1. The average molecular weight is 247 g/mol. The van der Waals surface area contributed by atoms with Crippen molar-refractivity contribution in [3.63, 3.8) is 0 Å². The number of benzene rings is 1. The Labute approximate surface area is 106 Å². The number of nitrogens with zero attached hydrogens (tertiary/aromatic N) is 1. The Hall–Kier alpha value is -1.59. The third-order valence-corrected chi connectivity index (χ3v) is 3.35. The van der Waals surface area contributed by atoms with E-state index in [0.29, 0.717) is 18.8 Å². The zero-order valence-electron chi connectivity index (χ0n) is 10.2. The molecule has 1 aromatic carbocycles. The SMILES string of the molecule is O=C(NN1CCOCC1)c1ccc2c(c1)NCC2. The number of hydrazine groups is 1. The maximum atomic E-state index is 12.1. The topological polar surface area (TPSA) is 53.6 Å². The lowest BCUT2D eigenvalue weighted by atomic mass is 10.1. The summed E-state index contributed by atoms with van der Waals surface area (Å²) in [4.78, 5) is 12.1. The second-order valence-electron chi connectivity index (χ2n) is 4.59. The molecule has 0 spiro atoms. The summed E-state index contributed by atoms with van der Waals surface area (Å²) < 4.78 is 5.24. The Bertz CT molecular complexity index is 456. The summed E-state index contributed by atoms with van der Waals surface area (Å²) in [5.74, 6) is -0.0478. The molecule has 2 heterocycles. The van der Waals surface area contributed by atoms with Crippen molar-refractivity contribution in [3.8, 4) is 0 Å². The van der Waals surface area contributed by atoms with Crippen molar-refractivity contribution in [2.45, 2.75) is 6.42 Å². The van der Waals surface area contributed by atoms with Gasteiger partial charge in [0.15, 0.2) is 0 Å². The Morgan fingerprint density at radius 3 is 3.00 bits per heavy atom. The molecule has 2 N–H and O–H groups in total. The van der Waals surface area contributed by atoms with E-state index in [1.54, 1.807) is 0 Å². The largest absolute Gasteiger partial charge is 0.384 e. The maximum absolute atomic E-state index is 12.1. The molecule has 0 radical (unpaired) electrons. The van der Waals surface area contributed by atoms with Gasteiger partial charge < -0.3 is 10.1 Å². The first-order valence-corrected chi connectivity index (χ1v) is 6.33. The van der Waals surface area contributed by atoms with E-state index in [-0.39, 0.29) is 5.91 Å². The highest BCUT2D eigenvalue weighted by Gasteiger charge is 2.16. The minimum Gasteiger partial charge on any atom is -0.384 e. The van der Waals surface area contributed by atoms with E-state index >= 15 is 0 Å². The molecule has 1 fully saturated rings. The van der Waals surface area contributed by atoms with E-state index in [1.165, 1.54) is 5.56 Å². The summed E-state index contributed by atoms with van der Waals surface area (Å²) in [5, 5.41) is 5.19. The van der Waals surface area contributed by atoms with E-state index in [1.807, 2.05) is 23.2 Å². The van der Waals surface area contributed by atoms with E-state index in [0.717, 1.165) is 31.7 Å². The van der Waals surface area contributed by atoms with Crippen LogP contribution in [-0.4, -0.2) is 43.8 Å². The van der Waals surface area contributed by atoms with E-state index in [2.05, 4.69) is 10.7 Å². The van der Waals surface area contributed by atoms with Crippen molar-refractivity contribution in [2.75, 3.05) is 38.2 Å². The first kappa shape index (κ1) is 11.5. The standard InChI is InChI=1S/C13H17N3O2/c17-13(15-16-5-7-18-8-6-16)11-2-1-10-3-4-14-12(10)9-11/h1-2,9,14H,3-8H2,(H,15,17). The Morgan fingerprint density at radius 1 is 1.33 bits per heavy atom. The molecule has 0 atom stereocenters. The van der Waals surface area contributed by atoms with E-state index in [9.17, 15) is 4.79 Å². The number of ether oxygens (including phenoxy) is 1. The molecule has 2 aliphatic heterocycles. The van der Waals surface area contributed by atoms with Crippen LogP contribution in [0.1, 0.15) is 15.9 Å². The van der Waals surface area contributed by atoms with Crippen molar-refractivity contribution in [3.05, 3.63) is 29.3 Å². The number of carbonyl (C=O) groups is 1. The van der Waals surface area contributed by atoms with Gasteiger partial charge in [0.1, 0.15) is 0 Å². The Balaban J connectivity index is 1.68. The summed E-state index contributed by atoms with van der Waals surface area (Å²) in [7, 11) is 0. The van der Waals surface area contributed by atoms with Crippen molar-refractivity contribution < 1.29 is 9.53 Å². The smallest absolute Gasteiger partial charge is 0.265 e. The van der Waals surface area contributed by atoms with Gasteiger partial charge in [-0.05, 0) is 24.1 Å². The zero-order valence-corrected chi connectivity index (χ0v) is 10.2. The quantitative estimate of drug-likeness (QED) is 0.805. The Kier molecular flexibility index (Phi) is 3.17. The summed E-state index contributed by atoms with van der Waals surface area (Å²) in [5.41, 5.74) is 5.99. The third-order valence-electron chi connectivity index (χ3n) is 3.35. The highest BCUT2D eigenvalue weighted by atomic mass is 16.5. The van der Waals surface area contributed by atoms with Crippen LogP contribution in [0.15, 0.2) is 18.2 Å². The molecule has 96 valence electrons. The van der Waals surface area contributed by atoms with Crippen LogP contribution in [0.2, 0.25) is 0 Å². The maximum Gasteiger partial charge on any atom is 0.265 e. The van der Waals surface area contributed by atoms with Gasteiger partial charge in [-0.15, -0.1) is 0 Å². The monoisotopic (exact) mass is 247 g/mol. The molecule has 1 aromatic rings. The predicted octanol–water partition coefficient (Wildman–Crippen LogP) is 0.632. The second-order valence-corrected chi connectivity index (χ2v) is 4.59. The van der Waals surface area contributed by atoms with Crippen molar-refractivity contribution in [1.82, 2.24) is 10.4 Å². The first-order chi connectivity index (χ1) is 8.83. The number of carbonyl (C=O) groups excluding carboxylic acids is 1. The van der Waals surface area contributed by atoms with Crippen LogP contribution < -0.4 is 10.7 Å². The van der Waals surface area contributed by atoms with Crippen molar-refractivity contribution in [2.24, 2.45) is 0 Å². The fourth-order valence-electron chi connectivity index (χ4n) is 2.32. The molecule has 0 saturated carbocycles. The number of fused-ring (bicyclic) bond motifs is 1. The first-order valence-electron chi connectivity index (χ1n) is 6.33. The number of nitrogens with one attached hydrogen (secondary N) is 2. The van der Waals surface area contributed by atoms with E-state index in [4.69, 9.17) is 4.74 Å². The highest BCUT2D eigenvalue weighted by Crippen LogP contribution is 2.23. The average Bonchev–Trinajstić information content (AvgIpc) is 2.87. The van der Waals surface area contributed by atoms with Crippen LogP contribution in [-0.2, 0) is 11.2 Å². The molecule has 0 bridgehead atoms. The predicted molar refractivity (Wildman–Crippen MR) is 68.5 cm³/mol. The molecule has 0 aliphatic carbocycles. The molecule has 3 rings (SSSR count). The van der Waals surface area contributed by atoms with Crippen molar-refractivity contribution >= 4 is 11.6 Å². The lowest BCUT2D eigenvalue weighted by Crippen LogP contribution is -2.48. The molecule has 0 unspecified atom stereocenters. The van der Waals surface area contributed by atoms with Crippen LogP contribution in [0.25, 0.3) is 0 Å². The van der Waals surface area contributed by atoms with Gasteiger partial charge in [-0.2, -0.15) is 0 Å². The molecule has 5 heteroatoms. The number of amides is 1. The normalized spacial score (nSPS) is 19.1. The summed E-state index contributed by atoms with van der Waals surface area (Å²) in [6.45, 7) is 3.80. The van der Waals surface area contributed by atoms with Gasteiger partial charge in [-0.1, -0.05) is 6.07 Å². The van der Waals surface area contributed by atoms with Crippen LogP contribution >= 0.6 is 0 Å². The van der Waals surface area contributed by atoms with Gasteiger partial charge in [0, 0.05) is 30.9 Å². The molecule has 5 nitrogen and oxygen atoms in total. The molecular formula is C13H17N3O2. The number of hydrogen-bond donors (Lipinski definition) is 2. The van der Waals surface area contributed by atoms with Gasteiger partial charge in [-0.25, -0.2) is 5.01 Å². The molecule has 2 aliphatic rings. The molecule has 18 heavy (non-hydrogen) atoms. The minimum absolute atomic E-state index is 0.0478. The molecule has 1 amide bonds. The molecule has 1 saturated heterocycles. The summed E-state index contributed by atoms with van der Waals surface area (Å²) >= 11 is 0. The third kappa shape index (κ3) is 2.32. The van der Waals surface area contributed by atoms with Gasteiger partial charge in [0.05, 0.1) is 13.2 Å². The van der Waals surface area contributed by atoms with Crippen molar-refractivity contribution in [1.29, 1.82) is 0 Å². The van der Waals surface area contributed by atoms with Gasteiger partial charge >= 0.3 is 0 Å². The summed E-state index contributed by atoms with van der Waals surface area (Å²) in [6, 6.07) is 5.85. The van der Waals surface area contributed by atoms with Gasteiger partial charge in [0.25, 0.3) is 5.91 Å². The van der Waals surface area contributed by atoms with Crippen LogP contribution in [0.5, 0.6) is 0 Å². The van der Waals surface area contributed by atoms with Crippen LogP contribution in [0.3, 0.4) is 0 Å². The molecular weight excluding hydrogens is 230 g/mol. The molecule has 0 aromatic heterocycles. The van der Waals surface area contributed by atoms with Crippen LogP contribution in [0, 0.1) is 0 Å².